The zero-order chi connectivity index (χ0) is 14.1. The summed E-state index contributed by atoms with van der Waals surface area (Å²) in [4.78, 5) is 28.3. The molecule has 102 valence electrons. The average Bonchev–Trinajstić information content (AvgIpc) is 2.84. The van der Waals surface area contributed by atoms with Gasteiger partial charge in [0.1, 0.15) is 5.69 Å². The molecule has 0 aliphatic carbocycles. The van der Waals surface area contributed by atoms with Crippen LogP contribution in [-0.4, -0.2) is 27.4 Å². The molecule has 1 aromatic carbocycles. The molecule has 1 aromatic heterocycles. The van der Waals surface area contributed by atoms with Crippen LogP contribution in [0.15, 0.2) is 36.7 Å². The lowest BCUT2D eigenvalue weighted by atomic mass is 10.2. The highest BCUT2D eigenvalue weighted by atomic mass is 16.2. The Bertz CT molecular complexity index is 663. The number of anilines is 1. The molecule has 2 heterocycles. The molecule has 20 heavy (non-hydrogen) atoms. The smallest absolute Gasteiger partial charge is 0.276 e. The summed E-state index contributed by atoms with van der Waals surface area (Å²) < 4.78 is 1.71. The third-order valence-electron chi connectivity index (χ3n) is 3.15. The predicted molar refractivity (Wildman–Crippen MR) is 73.6 cm³/mol. The van der Waals surface area contributed by atoms with Crippen LogP contribution in [0.2, 0.25) is 0 Å². The van der Waals surface area contributed by atoms with Gasteiger partial charge in [-0.05, 0) is 19.1 Å². The number of rotatable bonds is 2. The van der Waals surface area contributed by atoms with Crippen LogP contribution in [0.4, 0.5) is 5.69 Å². The molecule has 0 radical (unpaired) electrons. The maximum Gasteiger partial charge on any atom is 0.276 e. The Balaban J connectivity index is 1.88. The second-order valence-corrected chi connectivity index (χ2v) is 4.79. The molecule has 0 bridgehead atoms. The summed E-state index contributed by atoms with van der Waals surface area (Å²) in [6.07, 6.45) is 1.53. The van der Waals surface area contributed by atoms with Gasteiger partial charge in [-0.1, -0.05) is 18.2 Å². The summed E-state index contributed by atoms with van der Waals surface area (Å²) >= 11 is 0. The Morgan fingerprint density at radius 2 is 2.15 bits per heavy atom. The van der Waals surface area contributed by atoms with Crippen molar-refractivity contribution in [2.75, 3.05) is 5.32 Å². The van der Waals surface area contributed by atoms with Gasteiger partial charge in [-0.15, -0.1) is 0 Å². The number of carbonyl (C=O) groups excluding carboxylic acids is 2. The van der Waals surface area contributed by atoms with E-state index >= 15 is 0 Å². The zero-order valence-corrected chi connectivity index (χ0v) is 11.0. The molecule has 0 saturated heterocycles. The van der Waals surface area contributed by atoms with Gasteiger partial charge in [0.25, 0.3) is 11.8 Å². The van der Waals surface area contributed by atoms with Crippen LogP contribution in [0.5, 0.6) is 0 Å². The molecule has 0 unspecified atom stereocenters. The van der Waals surface area contributed by atoms with Gasteiger partial charge < -0.3 is 15.2 Å². The van der Waals surface area contributed by atoms with Crippen molar-refractivity contribution < 1.29 is 9.59 Å². The number of para-hydroxylation sites is 1. The maximum absolute atomic E-state index is 12.2. The first kappa shape index (κ1) is 12.4. The molecular formula is C14H14N4O2. The number of benzene rings is 1. The largest absolute Gasteiger partial charge is 0.346 e. The van der Waals surface area contributed by atoms with Gasteiger partial charge in [0.05, 0.1) is 6.33 Å². The third-order valence-corrected chi connectivity index (χ3v) is 3.15. The van der Waals surface area contributed by atoms with E-state index in [2.05, 4.69) is 15.6 Å². The fourth-order valence-corrected chi connectivity index (χ4v) is 2.27. The minimum Gasteiger partial charge on any atom is -0.346 e. The number of carbonyl (C=O) groups is 2. The van der Waals surface area contributed by atoms with Crippen molar-refractivity contribution in [3.8, 4) is 0 Å². The van der Waals surface area contributed by atoms with Crippen LogP contribution in [0.25, 0.3) is 0 Å². The summed E-state index contributed by atoms with van der Waals surface area (Å²) in [5, 5.41) is 5.53. The first-order valence-corrected chi connectivity index (χ1v) is 6.37. The number of nitrogens with zero attached hydrogens (tertiary/aromatic N) is 2. The van der Waals surface area contributed by atoms with E-state index in [1.165, 1.54) is 6.33 Å². The van der Waals surface area contributed by atoms with Gasteiger partial charge in [-0.2, -0.15) is 0 Å². The molecule has 0 spiro atoms. The molecule has 0 fully saturated rings. The maximum atomic E-state index is 12.2. The Kier molecular flexibility index (Phi) is 2.98. The van der Waals surface area contributed by atoms with Gasteiger partial charge in [0, 0.05) is 18.3 Å². The second kappa shape index (κ2) is 4.80. The Labute approximate surface area is 115 Å². The van der Waals surface area contributed by atoms with E-state index in [-0.39, 0.29) is 23.6 Å². The van der Waals surface area contributed by atoms with Crippen LogP contribution < -0.4 is 10.6 Å². The number of nitrogens with one attached hydrogen (secondary N) is 2. The van der Waals surface area contributed by atoms with E-state index in [1.807, 2.05) is 25.1 Å². The Morgan fingerprint density at radius 3 is 2.90 bits per heavy atom. The van der Waals surface area contributed by atoms with E-state index < -0.39 is 0 Å². The summed E-state index contributed by atoms with van der Waals surface area (Å²) in [5.74, 6) is -0.644. The van der Waals surface area contributed by atoms with E-state index in [0.717, 1.165) is 0 Å². The van der Waals surface area contributed by atoms with Crippen molar-refractivity contribution in [2.45, 2.75) is 19.5 Å². The fraction of sp³-hybridized carbons (Fsp3) is 0.214. The van der Waals surface area contributed by atoms with Crippen molar-refractivity contribution >= 4 is 17.5 Å². The number of fused-ring (bicyclic) bond motifs is 1. The molecule has 1 aliphatic heterocycles. The Morgan fingerprint density at radius 1 is 1.40 bits per heavy atom. The zero-order valence-electron chi connectivity index (χ0n) is 11.0. The fourth-order valence-electron chi connectivity index (χ4n) is 2.27. The van der Waals surface area contributed by atoms with E-state index in [4.69, 9.17) is 0 Å². The van der Waals surface area contributed by atoms with Crippen molar-refractivity contribution in [1.82, 2.24) is 14.9 Å². The van der Waals surface area contributed by atoms with Gasteiger partial charge >= 0.3 is 0 Å². The standard InChI is InChI=1S/C14H14N4O2/c1-9-7-18-8-15-11(12(18)14(20)16-9)13(19)17-10-5-3-2-4-6-10/h2-6,8-9H,7H2,1H3,(H,16,20)(H,17,19)/t9-/m1/s1. The summed E-state index contributed by atoms with van der Waals surface area (Å²) in [6.45, 7) is 2.53. The summed E-state index contributed by atoms with van der Waals surface area (Å²) in [7, 11) is 0. The van der Waals surface area contributed by atoms with Crippen LogP contribution in [0, 0.1) is 0 Å². The SMILES string of the molecule is C[C@@H]1Cn2cnc(C(=O)Nc3ccccc3)c2C(=O)N1. The highest BCUT2D eigenvalue weighted by Gasteiger charge is 2.28. The minimum absolute atomic E-state index is 0.0363. The highest BCUT2D eigenvalue weighted by molar-refractivity contribution is 6.10. The average molecular weight is 270 g/mol. The summed E-state index contributed by atoms with van der Waals surface area (Å²) in [6, 6.07) is 9.11. The summed E-state index contributed by atoms with van der Waals surface area (Å²) in [5.41, 5.74) is 1.14. The van der Waals surface area contributed by atoms with Crippen molar-refractivity contribution in [3.05, 3.63) is 48.0 Å². The van der Waals surface area contributed by atoms with Gasteiger partial charge in [0.2, 0.25) is 0 Å². The lowest BCUT2D eigenvalue weighted by Crippen LogP contribution is -2.42. The number of amides is 2. The van der Waals surface area contributed by atoms with E-state index in [1.54, 1.807) is 16.7 Å². The van der Waals surface area contributed by atoms with Gasteiger partial charge in [0.15, 0.2) is 5.69 Å². The molecule has 1 aliphatic rings. The topological polar surface area (TPSA) is 76.0 Å². The lowest BCUT2D eigenvalue weighted by Gasteiger charge is -2.22. The van der Waals surface area contributed by atoms with Gasteiger partial charge in [-0.3, -0.25) is 9.59 Å². The number of aromatic nitrogens is 2. The molecule has 2 amide bonds. The molecule has 6 nitrogen and oxygen atoms in total. The number of imidazole rings is 1. The second-order valence-electron chi connectivity index (χ2n) is 4.79. The quantitative estimate of drug-likeness (QED) is 0.862. The van der Waals surface area contributed by atoms with Crippen molar-refractivity contribution in [3.63, 3.8) is 0 Å². The molecule has 6 heteroatoms. The van der Waals surface area contributed by atoms with Crippen LogP contribution >= 0.6 is 0 Å². The number of hydrogen-bond acceptors (Lipinski definition) is 3. The van der Waals surface area contributed by atoms with Crippen LogP contribution in [-0.2, 0) is 6.54 Å². The molecule has 2 N–H and O–H groups in total. The van der Waals surface area contributed by atoms with Crippen LogP contribution in [0.1, 0.15) is 27.9 Å². The molecule has 3 rings (SSSR count). The monoisotopic (exact) mass is 270 g/mol. The molecule has 1 atom stereocenters. The first-order valence-electron chi connectivity index (χ1n) is 6.37. The van der Waals surface area contributed by atoms with Gasteiger partial charge in [-0.25, -0.2) is 4.98 Å². The highest BCUT2D eigenvalue weighted by Crippen LogP contribution is 2.15. The minimum atomic E-state index is -0.380. The van der Waals surface area contributed by atoms with Crippen molar-refractivity contribution in [1.29, 1.82) is 0 Å². The van der Waals surface area contributed by atoms with E-state index in [0.29, 0.717) is 17.9 Å². The molecule has 2 aromatic rings. The third kappa shape index (κ3) is 2.16. The normalized spacial score (nSPS) is 17.2. The molecular weight excluding hydrogens is 256 g/mol. The number of hydrogen-bond donors (Lipinski definition) is 2. The predicted octanol–water partition coefficient (Wildman–Crippen LogP) is 1.27. The first-order chi connectivity index (χ1) is 9.65. The Hall–Kier alpha value is -2.63. The molecule has 0 saturated carbocycles. The van der Waals surface area contributed by atoms with E-state index in [9.17, 15) is 9.59 Å². The van der Waals surface area contributed by atoms with Crippen LogP contribution in [0.3, 0.4) is 0 Å². The van der Waals surface area contributed by atoms with Crippen molar-refractivity contribution in [2.24, 2.45) is 0 Å². The lowest BCUT2D eigenvalue weighted by molar-refractivity contribution is 0.0895.